The van der Waals surface area contributed by atoms with Crippen LogP contribution in [0.1, 0.15) is 0 Å². The minimum atomic E-state index is -4.64. The van der Waals surface area contributed by atoms with E-state index in [2.05, 4.69) is 0 Å². The molecule has 0 aromatic rings. The van der Waals surface area contributed by atoms with Crippen molar-refractivity contribution in [2.45, 2.75) is 0 Å². The number of hydrogen-bond acceptors (Lipinski definition) is 1. The maximum atomic E-state index is 8.88. The molecule has 0 spiro atoms. The quantitative estimate of drug-likeness (QED) is 0.383. The molecule has 0 aliphatic heterocycles. The van der Waals surface area contributed by atoms with Crippen LogP contribution >= 0.6 is 7.82 Å². The molecule has 0 aliphatic carbocycles. The summed E-state index contributed by atoms with van der Waals surface area (Å²) in [7, 11) is -4.64. The van der Waals surface area contributed by atoms with Crippen molar-refractivity contribution in [2.24, 2.45) is 0 Å². The summed E-state index contributed by atoms with van der Waals surface area (Å²) in [4.78, 5) is 21.6. The molecular formula is H3FeMoO4P. The largest absolute Gasteiger partial charge is 0.466 e. The topological polar surface area (TPSA) is 77.8 Å². The van der Waals surface area contributed by atoms with Gasteiger partial charge in [0.25, 0.3) is 0 Å². The van der Waals surface area contributed by atoms with Crippen molar-refractivity contribution in [3.8, 4) is 0 Å². The predicted molar refractivity (Wildman–Crippen MR) is 14.3 cm³/mol. The Kier molecular flexibility index (Phi) is 12.3. The van der Waals surface area contributed by atoms with Gasteiger partial charge in [-0.1, -0.05) is 0 Å². The van der Waals surface area contributed by atoms with Crippen LogP contribution in [0.25, 0.3) is 0 Å². The Balaban J connectivity index is -0.0000000800. The van der Waals surface area contributed by atoms with E-state index in [1.807, 2.05) is 0 Å². The normalized spacial score (nSPS) is 8.43. The van der Waals surface area contributed by atoms with Crippen LogP contribution in [-0.2, 0) is 42.7 Å². The molecule has 0 bridgehead atoms. The minimum absolute atomic E-state index is 0. The summed E-state index contributed by atoms with van der Waals surface area (Å²) in [5.41, 5.74) is 0. The first-order chi connectivity index (χ1) is 2.00. The smallest absolute Gasteiger partial charge is 0.303 e. The van der Waals surface area contributed by atoms with Gasteiger partial charge in [0, 0.05) is 38.1 Å². The summed E-state index contributed by atoms with van der Waals surface area (Å²) in [6, 6.07) is 0. The third-order valence-corrected chi connectivity index (χ3v) is 0. The molecule has 0 heterocycles. The van der Waals surface area contributed by atoms with Gasteiger partial charge in [-0.2, -0.15) is 0 Å². The fourth-order valence-corrected chi connectivity index (χ4v) is 0. The molecule has 0 unspecified atom stereocenters. The van der Waals surface area contributed by atoms with E-state index in [0.717, 1.165) is 0 Å². The van der Waals surface area contributed by atoms with Crippen LogP contribution in [0, 0.1) is 0 Å². The zero-order chi connectivity index (χ0) is 4.50. The summed E-state index contributed by atoms with van der Waals surface area (Å²) in [5.74, 6) is 0. The molecule has 0 aromatic carbocycles. The molecule has 7 heteroatoms. The van der Waals surface area contributed by atoms with Gasteiger partial charge in [-0.3, -0.25) is 0 Å². The van der Waals surface area contributed by atoms with E-state index < -0.39 is 7.82 Å². The van der Waals surface area contributed by atoms with E-state index in [4.69, 9.17) is 19.2 Å². The van der Waals surface area contributed by atoms with Gasteiger partial charge < -0.3 is 14.7 Å². The third-order valence-electron chi connectivity index (χ3n) is 0. The van der Waals surface area contributed by atoms with E-state index in [1.54, 1.807) is 0 Å². The van der Waals surface area contributed by atoms with Gasteiger partial charge in [-0.05, 0) is 0 Å². The summed E-state index contributed by atoms with van der Waals surface area (Å²) in [5, 5.41) is 0. The molecular weight excluding hydrogens is 247 g/mol. The van der Waals surface area contributed by atoms with Crippen molar-refractivity contribution < 1.29 is 57.4 Å². The number of rotatable bonds is 0. The first kappa shape index (κ1) is 15.8. The molecule has 4 nitrogen and oxygen atoms in total. The van der Waals surface area contributed by atoms with Gasteiger partial charge in [-0.25, -0.2) is 4.57 Å². The molecule has 7 heavy (non-hydrogen) atoms. The Bertz CT molecular complexity index is 57.8. The van der Waals surface area contributed by atoms with Crippen molar-refractivity contribution in [3.05, 3.63) is 0 Å². The van der Waals surface area contributed by atoms with E-state index >= 15 is 0 Å². The second-order valence-corrected chi connectivity index (χ2v) is 1.54. The van der Waals surface area contributed by atoms with Gasteiger partial charge in [0.2, 0.25) is 0 Å². The van der Waals surface area contributed by atoms with Crippen molar-refractivity contribution >= 4 is 7.82 Å². The van der Waals surface area contributed by atoms with Gasteiger partial charge in [0.1, 0.15) is 0 Å². The average molecular weight is 250 g/mol. The third kappa shape index (κ3) is 119. The van der Waals surface area contributed by atoms with E-state index in [0.29, 0.717) is 0 Å². The van der Waals surface area contributed by atoms with E-state index in [9.17, 15) is 0 Å². The van der Waals surface area contributed by atoms with Crippen LogP contribution in [0.3, 0.4) is 0 Å². The Labute approximate surface area is 65.3 Å². The molecule has 0 amide bonds. The Hall–Kier alpha value is 1.32. The molecule has 3 N–H and O–H groups in total. The van der Waals surface area contributed by atoms with Crippen LogP contribution in [0.4, 0.5) is 0 Å². The number of phosphoric acid groups is 1. The van der Waals surface area contributed by atoms with Crippen molar-refractivity contribution in [3.63, 3.8) is 0 Å². The Morgan fingerprint density at radius 2 is 1.14 bits per heavy atom. The molecule has 0 rings (SSSR count). The van der Waals surface area contributed by atoms with Crippen LogP contribution in [0.2, 0.25) is 0 Å². The summed E-state index contributed by atoms with van der Waals surface area (Å²) < 4.78 is 8.88. The average Bonchev–Trinajstić information content (AvgIpc) is 0.722. The van der Waals surface area contributed by atoms with Crippen molar-refractivity contribution in [1.29, 1.82) is 0 Å². The summed E-state index contributed by atoms with van der Waals surface area (Å²) in [6.07, 6.45) is 0. The zero-order valence-electron chi connectivity index (χ0n) is 2.96. The summed E-state index contributed by atoms with van der Waals surface area (Å²) in [6.45, 7) is 0. The number of hydrogen-bond donors (Lipinski definition) is 3. The van der Waals surface area contributed by atoms with Gasteiger partial charge >= 0.3 is 7.82 Å². The molecule has 0 atom stereocenters. The molecule has 0 fully saturated rings. The van der Waals surface area contributed by atoms with Gasteiger partial charge in [0.15, 0.2) is 0 Å². The fourth-order valence-electron chi connectivity index (χ4n) is 0. The first-order valence-corrected chi connectivity index (χ1v) is 2.35. The van der Waals surface area contributed by atoms with Gasteiger partial charge in [0.05, 0.1) is 0 Å². The molecule has 0 saturated heterocycles. The standard InChI is InChI=1S/Fe.Mo.H3O4P/c;;1-5(2,3)4/h;;(H3,1,2,3,4). The molecule has 46 valence electrons. The maximum absolute atomic E-state index is 8.88. The molecule has 0 radical (unpaired) electrons. The van der Waals surface area contributed by atoms with Crippen LogP contribution < -0.4 is 0 Å². The monoisotopic (exact) mass is 252 g/mol. The van der Waals surface area contributed by atoms with Crippen LogP contribution in [0.5, 0.6) is 0 Å². The van der Waals surface area contributed by atoms with Crippen LogP contribution in [0.15, 0.2) is 0 Å². The second-order valence-electron chi connectivity index (χ2n) is 0.513. The Morgan fingerprint density at radius 1 is 1.14 bits per heavy atom. The molecule has 0 saturated carbocycles. The van der Waals surface area contributed by atoms with E-state index in [-0.39, 0.29) is 38.1 Å². The predicted octanol–water partition coefficient (Wildman–Crippen LogP) is -0.934. The van der Waals surface area contributed by atoms with Gasteiger partial charge in [-0.15, -0.1) is 0 Å². The molecule has 0 aliphatic rings. The van der Waals surface area contributed by atoms with E-state index in [1.165, 1.54) is 0 Å². The minimum Gasteiger partial charge on any atom is -0.303 e. The van der Waals surface area contributed by atoms with Crippen molar-refractivity contribution in [2.75, 3.05) is 0 Å². The van der Waals surface area contributed by atoms with Crippen LogP contribution in [-0.4, -0.2) is 14.7 Å². The SMILES string of the molecule is O=P(O)(O)O.[Fe].[Mo]. The molecule has 0 aromatic heterocycles. The maximum Gasteiger partial charge on any atom is 0.466 e. The van der Waals surface area contributed by atoms with Crippen molar-refractivity contribution in [1.82, 2.24) is 0 Å². The second kappa shape index (κ2) is 5.45. The first-order valence-electron chi connectivity index (χ1n) is 0.783. The summed E-state index contributed by atoms with van der Waals surface area (Å²) >= 11 is 0. The fraction of sp³-hybridized carbons (Fsp3) is 0. The zero-order valence-corrected chi connectivity index (χ0v) is 6.96. The Morgan fingerprint density at radius 3 is 1.14 bits per heavy atom.